The van der Waals surface area contributed by atoms with Crippen LogP contribution in [0, 0.1) is 0 Å². The predicted molar refractivity (Wildman–Crippen MR) is 90.2 cm³/mol. The molecule has 2 aliphatic rings. The highest BCUT2D eigenvalue weighted by atomic mass is 32.2. The van der Waals surface area contributed by atoms with Crippen molar-refractivity contribution >= 4 is 39.0 Å². The number of thiophene rings is 1. The minimum Gasteiger partial charge on any atom is -0.338 e. The molecule has 122 valence electrons. The van der Waals surface area contributed by atoms with Crippen LogP contribution in [0.4, 0.5) is 0 Å². The molecule has 2 fully saturated rings. The van der Waals surface area contributed by atoms with Crippen molar-refractivity contribution in [2.75, 3.05) is 37.7 Å². The van der Waals surface area contributed by atoms with Crippen LogP contribution in [-0.4, -0.2) is 61.2 Å². The molecule has 3 heterocycles. The van der Waals surface area contributed by atoms with E-state index in [4.69, 9.17) is 0 Å². The number of hydrogen-bond donors (Lipinski definition) is 0. The molecule has 5 nitrogen and oxygen atoms in total. The van der Waals surface area contributed by atoms with Crippen LogP contribution in [0.25, 0.3) is 0 Å². The third-order valence-electron chi connectivity index (χ3n) is 4.05. The van der Waals surface area contributed by atoms with E-state index in [0.717, 1.165) is 43.9 Å². The van der Waals surface area contributed by atoms with Gasteiger partial charge in [0.25, 0.3) is 5.91 Å². The minimum absolute atomic E-state index is 0.125. The second kappa shape index (κ2) is 6.90. The number of nitrogens with zero attached hydrogens (tertiary/aromatic N) is 2. The van der Waals surface area contributed by atoms with Crippen LogP contribution in [0.1, 0.15) is 28.9 Å². The number of rotatable bonds is 3. The molecule has 2 aliphatic heterocycles. The summed E-state index contributed by atoms with van der Waals surface area (Å²) in [5, 5.41) is 1.71. The number of carbonyl (C=O) groups is 1. The number of hydrogen-bond acceptors (Lipinski definition) is 5. The number of likely N-dealkylation sites (tertiary alicyclic amines) is 1. The van der Waals surface area contributed by atoms with Crippen LogP contribution < -0.4 is 0 Å². The van der Waals surface area contributed by atoms with E-state index in [-0.39, 0.29) is 10.8 Å². The lowest BCUT2D eigenvalue weighted by molar-refractivity contribution is 0.0725. The molecule has 2 saturated heterocycles. The van der Waals surface area contributed by atoms with Crippen molar-refractivity contribution in [1.82, 2.24) is 9.21 Å². The van der Waals surface area contributed by atoms with Gasteiger partial charge in [-0.1, -0.05) is 0 Å². The maximum Gasteiger partial charge on any atom is 0.265 e. The smallest absolute Gasteiger partial charge is 0.265 e. The van der Waals surface area contributed by atoms with Crippen LogP contribution in [0.3, 0.4) is 0 Å². The van der Waals surface area contributed by atoms with Crippen molar-refractivity contribution in [3.63, 3.8) is 0 Å². The number of piperidine rings is 1. The highest BCUT2D eigenvalue weighted by Crippen LogP contribution is 2.28. The maximum atomic E-state index is 12.8. The van der Waals surface area contributed by atoms with Crippen molar-refractivity contribution in [3.05, 3.63) is 16.3 Å². The number of thioether (sulfide) groups is 1. The van der Waals surface area contributed by atoms with Gasteiger partial charge in [-0.15, -0.1) is 11.3 Å². The van der Waals surface area contributed by atoms with Crippen molar-refractivity contribution in [3.8, 4) is 0 Å². The fourth-order valence-electron chi connectivity index (χ4n) is 2.82. The maximum absolute atomic E-state index is 12.8. The standard InChI is InChI=1S/C14H20N2O3S3/c17-14(15-5-2-1-3-6-15)13-12(4-9-21-13)22(18,19)16-7-10-20-11-8-16/h4,9H,1-3,5-8,10-11H2. The third-order valence-corrected chi connectivity index (χ3v) is 7.97. The van der Waals surface area contributed by atoms with Gasteiger partial charge < -0.3 is 4.90 Å². The van der Waals surface area contributed by atoms with Gasteiger partial charge in [-0.2, -0.15) is 16.1 Å². The molecule has 0 aromatic carbocycles. The predicted octanol–water partition coefficient (Wildman–Crippen LogP) is 2.11. The van der Waals surface area contributed by atoms with E-state index in [1.165, 1.54) is 15.6 Å². The Kier molecular flexibility index (Phi) is 5.11. The van der Waals surface area contributed by atoms with E-state index in [9.17, 15) is 13.2 Å². The zero-order valence-corrected chi connectivity index (χ0v) is 14.8. The molecule has 1 aromatic rings. The van der Waals surface area contributed by atoms with Gasteiger partial charge >= 0.3 is 0 Å². The molecular weight excluding hydrogens is 340 g/mol. The molecule has 0 atom stereocenters. The average molecular weight is 361 g/mol. The van der Waals surface area contributed by atoms with E-state index in [1.54, 1.807) is 28.1 Å². The average Bonchev–Trinajstić information content (AvgIpc) is 3.06. The molecule has 1 amide bonds. The lowest BCUT2D eigenvalue weighted by Crippen LogP contribution is -2.39. The first-order valence-corrected chi connectivity index (χ1v) is 11.0. The van der Waals surface area contributed by atoms with Crippen LogP contribution in [-0.2, 0) is 10.0 Å². The fourth-order valence-corrected chi connectivity index (χ4v) is 6.76. The molecular formula is C14H20N2O3S3. The Hall–Kier alpha value is -0.570. The van der Waals surface area contributed by atoms with E-state index < -0.39 is 10.0 Å². The van der Waals surface area contributed by atoms with E-state index in [0.29, 0.717) is 18.0 Å². The lowest BCUT2D eigenvalue weighted by Gasteiger charge is -2.28. The van der Waals surface area contributed by atoms with Crippen LogP contribution in [0.15, 0.2) is 16.3 Å². The van der Waals surface area contributed by atoms with Crippen molar-refractivity contribution in [2.24, 2.45) is 0 Å². The van der Waals surface area contributed by atoms with Crippen LogP contribution in [0.5, 0.6) is 0 Å². The second-order valence-corrected chi connectivity index (χ2v) is 9.53. The monoisotopic (exact) mass is 360 g/mol. The highest BCUT2D eigenvalue weighted by molar-refractivity contribution is 7.99. The van der Waals surface area contributed by atoms with E-state index in [2.05, 4.69) is 0 Å². The summed E-state index contributed by atoms with van der Waals surface area (Å²) in [6, 6.07) is 1.58. The number of sulfonamides is 1. The molecule has 0 N–H and O–H groups in total. The molecule has 0 unspecified atom stereocenters. The molecule has 0 saturated carbocycles. The molecule has 0 bridgehead atoms. The normalized spacial score (nSPS) is 21.0. The van der Waals surface area contributed by atoms with Crippen molar-refractivity contribution < 1.29 is 13.2 Å². The van der Waals surface area contributed by atoms with Gasteiger partial charge in [0.05, 0.1) is 0 Å². The Morgan fingerprint density at radius 2 is 1.73 bits per heavy atom. The minimum atomic E-state index is -3.55. The summed E-state index contributed by atoms with van der Waals surface area (Å²) in [7, 11) is -3.55. The Labute approximate surface area is 139 Å². The zero-order valence-electron chi connectivity index (χ0n) is 12.4. The first-order chi connectivity index (χ1) is 10.6. The van der Waals surface area contributed by atoms with Gasteiger partial charge in [0.2, 0.25) is 10.0 Å². The van der Waals surface area contributed by atoms with Crippen LogP contribution >= 0.6 is 23.1 Å². The molecule has 3 rings (SSSR count). The molecule has 8 heteroatoms. The van der Waals surface area contributed by atoms with Crippen LogP contribution in [0.2, 0.25) is 0 Å². The summed E-state index contributed by atoms with van der Waals surface area (Å²) >= 11 is 3.01. The topological polar surface area (TPSA) is 57.7 Å². The summed E-state index contributed by atoms with van der Waals surface area (Å²) in [6.45, 7) is 2.52. The van der Waals surface area contributed by atoms with E-state index >= 15 is 0 Å². The Bertz CT molecular complexity index is 630. The van der Waals surface area contributed by atoms with Gasteiger partial charge in [0, 0.05) is 37.7 Å². The van der Waals surface area contributed by atoms with Crippen molar-refractivity contribution in [2.45, 2.75) is 24.2 Å². The molecule has 0 aliphatic carbocycles. The Morgan fingerprint density at radius 1 is 1.05 bits per heavy atom. The molecule has 0 radical (unpaired) electrons. The summed E-state index contributed by atoms with van der Waals surface area (Å²) in [5.41, 5.74) is 0. The van der Waals surface area contributed by atoms with Gasteiger partial charge in [0.1, 0.15) is 9.77 Å². The van der Waals surface area contributed by atoms with Crippen molar-refractivity contribution in [1.29, 1.82) is 0 Å². The molecule has 0 spiro atoms. The second-order valence-electron chi connectivity index (χ2n) is 5.48. The zero-order chi connectivity index (χ0) is 15.6. The summed E-state index contributed by atoms with van der Waals surface area (Å²) < 4.78 is 27.1. The lowest BCUT2D eigenvalue weighted by atomic mass is 10.1. The quantitative estimate of drug-likeness (QED) is 0.828. The summed E-state index contributed by atoms with van der Waals surface area (Å²) in [6.07, 6.45) is 3.15. The first kappa shape index (κ1) is 16.3. The SMILES string of the molecule is O=C(c1sccc1S(=O)(=O)N1CCSCC1)N1CCCCC1. The number of amides is 1. The molecule has 22 heavy (non-hydrogen) atoms. The first-order valence-electron chi connectivity index (χ1n) is 7.55. The Morgan fingerprint density at radius 3 is 2.41 bits per heavy atom. The largest absolute Gasteiger partial charge is 0.338 e. The summed E-state index contributed by atoms with van der Waals surface area (Å²) in [4.78, 5) is 15.0. The van der Waals surface area contributed by atoms with E-state index in [1.807, 2.05) is 0 Å². The third kappa shape index (κ3) is 3.20. The summed E-state index contributed by atoms with van der Waals surface area (Å²) in [5.74, 6) is 1.51. The Balaban J connectivity index is 1.86. The van der Waals surface area contributed by atoms with Gasteiger partial charge in [-0.05, 0) is 30.7 Å². The highest BCUT2D eigenvalue weighted by Gasteiger charge is 2.32. The van der Waals surface area contributed by atoms with Gasteiger partial charge in [0.15, 0.2) is 0 Å². The number of carbonyl (C=O) groups excluding carboxylic acids is 1. The fraction of sp³-hybridized carbons (Fsp3) is 0.643. The molecule has 1 aromatic heterocycles. The van der Waals surface area contributed by atoms with Gasteiger partial charge in [-0.25, -0.2) is 8.42 Å². The van der Waals surface area contributed by atoms with Gasteiger partial charge in [-0.3, -0.25) is 4.79 Å².